The number of pyridine rings is 1. The molecule has 0 saturated heterocycles. The standard InChI is InChI=1S/C15H16ClN3O2/c1-10-13(17)3-2-4-14(10)19-15(20)5-6-21-12-7-11(16)8-18-9-12/h2-4,7-9H,5-6,17H2,1H3,(H,19,20). The fraction of sp³-hybridized carbons (Fsp3) is 0.200. The summed E-state index contributed by atoms with van der Waals surface area (Å²) < 4.78 is 5.42. The molecule has 0 spiro atoms. The lowest BCUT2D eigenvalue weighted by Crippen LogP contribution is -2.16. The first-order chi connectivity index (χ1) is 10.1. The summed E-state index contributed by atoms with van der Waals surface area (Å²) in [6.07, 6.45) is 3.29. The van der Waals surface area contributed by atoms with Crippen LogP contribution < -0.4 is 15.8 Å². The molecule has 0 bridgehead atoms. The molecular formula is C15H16ClN3O2. The molecule has 0 aliphatic heterocycles. The van der Waals surface area contributed by atoms with Crippen molar-refractivity contribution in [2.45, 2.75) is 13.3 Å². The minimum Gasteiger partial charge on any atom is -0.491 e. The van der Waals surface area contributed by atoms with Crippen LogP contribution in [-0.2, 0) is 4.79 Å². The Labute approximate surface area is 128 Å². The smallest absolute Gasteiger partial charge is 0.227 e. The number of ether oxygens (including phenoxy) is 1. The van der Waals surface area contributed by atoms with Gasteiger partial charge in [-0.15, -0.1) is 0 Å². The summed E-state index contributed by atoms with van der Waals surface area (Å²) in [4.78, 5) is 15.8. The molecule has 0 saturated carbocycles. The number of nitrogens with two attached hydrogens (primary N) is 1. The van der Waals surface area contributed by atoms with Crippen molar-refractivity contribution in [1.29, 1.82) is 0 Å². The first kappa shape index (κ1) is 15.1. The number of rotatable bonds is 5. The highest BCUT2D eigenvalue weighted by atomic mass is 35.5. The van der Waals surface area contributed by atoms with Gasteiger partial charge in [-0.25, -0.2) is 0 Å². The van der Waals surface area contributed by atoms with Crippen molar-refractivity contribution < 1.29 is 9.53 Å². The molecule has 2 aromatic rings. The molecule has 0 aliphatic rings. The number of anilines is 2. The summed E-state index contributed by atoms with van der Waals surface area (Å²) in [5, 5.41) is 3.30. The van der Waals surface area contributed by atoms with E-state index in [9.17, 15) is 4.79 Å². The maximum Gasteiger partial charge on any atom is 0.227 e. The zero-order chi connectivity index (χ0) is 15.2. The number of nitrogen functional groups attached to an aromatic ring is 1. The van der Waals surface area contributed by atoms with E-state index >= 15 is 0 Å². The van der Waals surface area contributed by atoms with Crippen LogP contribution in [0.4, 0.5) is 11.4 Å². The van der Waals surface area contributed by atoms with Gasteiger partial charge in [0.1, 0.15) is 5.75 Å². The van der Waals surface area contributed by atoms with E-state index in [-0.39, 0.29) is 18.9 Å². The van der Waals surface area contributed by atoms with Crippen molar-refractivity contribution in [3.63, 3.8) is 0 Å². The zero-order valence-electron chi connectivity index (χ0n) is 11.6. The van der Waals surface area contributed by atoms with Gasteiger partial charge in [-0.2, -0.15) is 0 Å². The number of carbonyl (C=O) groups excluding carboxylic acids is 1. The maximum atomic E-state index is 11.9. The number of nitrogens with one attached hydrogen (secondary N) is 1. The average molecular weight is 306 g/mol. The first-order valence-corrected chi connectivity index (χ1v) is 6.82. The van der Waals surface area contributed by atoms with E-state index < -0.39 is 0 Å². The molecule has 1 amide bonds. The number of amides is 1. The van der Waals surface area contributed by atoms with Gasteiger partial charge in [-0.3, -0.25) is 9.78 Å². The Bertz CT molecular complexity index is 647. The largest absolute Gasteiger partial charge is 0.491 e. The molecule has 2 rings (SSSR count). The molecule has 3 N–H and O–H groups in total. The molecule has 6 heteroatoms. The van der Waals surface area contributed by atoms with Crippen LogP contribution in [0.15, 0.2) is 36.7 Å². The topological polar surface area (TPSA) is 77.2 Å². The first-order valence-electron chi connectivity index (χ1n) is 6.44. The molecule has 5 nitrogen and oxygen atoms in total. The van der Waals surface area contributed by atoms with Crippen LogP contribution in [0.25, 0.3) is 0 Å². The highest BCUT2D eigenvalue weighted by Crippen LogP contribution is 2.20. The second-order valence-corrected chi connectivity index (χ2v) is 4.94. The quantitative estimate of drug-likeness (QED) is 0.832. The molecule has 1 aromatic heterocycles. The van der Waals surface area contributed by atoms with E-state index in [2.05, 4.69) is 10.3 Å². The summed E-state index contributed by atoms with van der Waals surface area (Å²) in [5.41, 5.74) is 8.00. The minimum absolute atomic E-state index is 0.140. The average Bonchev–Trinajstić information content (AvgIpc) is 2.44. The van der Waals surface area contributed by atoms with E-state index in [0.29, 0.717) is 22.1 Å². The monoisotopic (exact) mass is 305 g/mol. The fourth-order valence-electron chi connectivity index (χ4n) is 1.73. The van der Waals surface area contributed by atoms with Gasteiger partial charge in [0.25, 0.3) is 0 Å². The lowest BCUT2D eigenvalue weighted by molar-refractivity contribution is -0.116. The number of carbonyl (C=O) groups is 1. The molecule has 0 radical (unpaired) electrons. The Morgan fingerprint density at radius 2 is 2.24 bits per heavy atom. The van der Waals surface area contributed by atoms with Gasteiger partial charge in [0.05, 0.1) is 24.2 Å². The Balaban J connectivity index is 1.84. The van der Waals surface area contributed by atoms with Gasteiger partial charge in [-0.05, 0) is 24.6 Å². The highest BCUT2D eigenvalue weighted by molar-refractivity contribution is 6.30. The van der Waals surface area contributed by atoms with E-state index in [0.717, 1.165) is 5.56 Å². The molecule has 0 unspecified atom stereocenters. The van der Waals surface area contributed by atoms with Crippen molar-refractivity contribution in [1.82, 2.24) is 4.98 Å². The third-order valence-electron chi connectivity index (χ3n) is 2.93. The molecule has 1 heterocycles. The van der Waals surface area contributed by atoms with E-state index in [1.54, 1.807) is 24.4 Å². The van der Waals surface area contributed by atoms with Crippen LogP contribution in [0.2, 0.25) is 5.02 Å². The summed E-state index contributed by atoms with van der Waals surface area (Å²) >= 11 is 5.79. The van der Waals surface area contributed by atoms with Gasteiger partial charge in [0, 0.05) is 23.6 Å². The Hall–Kier alpha value is -2.27. The Kier molecular flexibility index (Phi) is 5.00. The predicted molar refractivity (Wildman–Crippen MR) is 83.6 cm³/mol. The predicted octanol–water partition coefficient (Wildman–Crippen LogP) is 3.03. The third kappa shape index (κ3) is 4.36. The Morgan fingerprint density at radius 3 is 3.00 bits per heavy atom. The van der Waals surface area contributed by atoms with Gasteiger partial charge in [-0.1, -0.05) is 17.7 Å². The number of hydrogen-bond acceptors (Lipinski definition) is 4. The fourth-order valence-corrected chi connectivity index (χ4v) is 1.90. The number of hydrogen-bond donors (Lipinski definition) is 2. The van der Waals surface area contributed by atoms with Crippen LogP contribution in [0.1, 0.15) is 12.0 Å². The lowest BCUT2D eigenvalue weighted by Gasteiger charge is -2.10. The molecule has 21 heavy (non-hydrogen) atoms. The molecule has 110 valence electrons. The second kappa shape index (κ2) is 6.95. The second-order valence-electron chi connectivity index (χ2n) is 4.51. The minimum atomic E-state index is -0.140. The lowest BCUT2D eigenvalue weighted by atomic mass is 10.1. The van der Waals surface area contributed by atoms with Crippen LogP contribution >= 0.6 is 11.6 Å². The number of benzene rings is 1. The van der Waals surface area contributed by atoms with E-state index in [4.69, 9.17) is 22.1 Å². The molecular weight excluding hydrogens is 290 g/mol. The highest BCUT2D eigenvalue weighted by Gasteiger charge is 2.07. The Morgan fingerprint density at radius 1 is 1.43 bits per heavy atom. The molecule has 1 aromatic carbocycles. The third-order valence-corrected chi connectivity index (χ3v) is 3.13. The number of nitrogens with zero attached hydrogens (tertiary/aromatic N) is 1. The van der Waals surface area contributed by atoms with Crippen molar-refractivity contribution >= 4 is 28.9 Å². The normalized spacial score (nSPS) is 10.2. The van der Waals surface area contributed by atoms with Crippen LogP contribution in [0.5, 0.6) is 5.75 Å². The van der Waals surface area contributed by atoms with Gasteiger partial charge >= 0.3 is 0 Å². The van der Waals surface area contributed by atoms with E-state index in [1.165, 1.54) is 6.20 Å². The number of halogens is 1. The summed E-state index contributed by atoms with van der Waals surface area (Å²) in [6.45, 7) is 2.11. The van der Waals surface area contributed by atoms with Crippen molar-refractivity contribution in [2.75, 3.05) is 17.7 Å². The van der Waals surface area contributed by atoms with Crippen LogP contribution in [0, 0.1) is 6.92 Å². The van der Waals surface area contributed by atoms with Crippen molar-refractivity contribution in [3.8, 4) is 5.75 Å². The van der Waals surface area contributed by atoms with Gasteiger partial charge < -0.3 is 15.8 Å². The van der Waals surface area contributed by atoms with E-state index in [1.807, 2.05) is 13.0 Å². The maximum absolute atomic E-state index is 11.9. The SMILES string of the molecule is Cc1c(N)cccc1NC(=O)CCOc1cncc(Cl)c1. The van der Waals surface area contributed by atoms with Crippen molar-refractivity contribution in [2.24, 2.45) is 0 Å². The summed E-state index contributed by atoms with van der Waals surface area (Å²) in [6, 6.07) is 7.05. The molecule has 0 fully saturated rings. The molecule has 0 atom stereocenters. The zero-order valence-corrected chi connectivity index (χ0v) is 12.4. The van der Waals surface area contributed by atoms with Gasteiger partial charge in [0.2, 0.25) is 5.91 Å². The van der Waals surface area contributed by atoms with Crippen molar-refractivity contribution in [3.05, 3.63) is 47.2 Å². The van der Waals surface area contributed by atoms with Gasteiger partial charge in [0.15, 0.2) is 0 Å². The number of aromatic nitrogens is 1. The van der Waals surface area contributed by atoms with Crippen LogP contribution in [0.3, 0.4) is 0 Å². The summed E-state index contributed by atoms with van der Waals surface area (Å²) in [5.74, 6) is 0.397. The van der Waals surface area contributed by atoms with Crippen LogP contribution in [-0.4, -0.2) is 17.5 Å². The summed E-state index contributed by atoms with van der Waals surface area (Å²) in [7, 11) is 0. The molecule has 0 aliphatic carbocycles.